The highest BCUT2D eigenvalue weighted by Crippen LogP contribution is 2.43. The van der Waals surface area contributed by atoms with Crippen LogP contribution in [-0.2, 0) is 19.9 Å². The van der Waals surface area contributed by atoms with Crippen molar-refractivity contribution in [2.45, 2.75) is 124 Å². The summed E-state index contributed by atoms with van der Waals surface area (Å²) in [5.41, 5.74) is 0.562. The maximum atomic E-state index is 12.8. The van der Waals surface area contributed by atoms with E-state index in [9.17, 15) is 16.8 Å². The van der Waals surface area contributed by atoms with Gasteiger partial charge in [-0.3, -0.25) is 0 Å². The number of sulfone groups is 1. The van der Waals surface area contributed by atoms with Crippen LogP contribution in [0.4, 0.5) is 0 Å². The van der Waals surface area contributed by atoms with Gasteiger partial charge in [-0.05, 0) is 70.9 Å². The summed E-state index contributed by atoms with van der Waals surface area (Å²) in [6.07, 6.45) is 24.2. The van der Waals surface area contributed by atoms with Crippen LogP contribution in [0.5, 0.6) is 0 Å². The molecule has 2 heterocycles. The summed E-state index contributed by atoms with van der Waals surface area (Å²) in [7, 11) is -7.41. The van der Waals surface area contributed by atoms with Gasteiger partial charge >= 0.3 is 0 Å². The fraction of sp³-hybridized carbons (Fsp3) is 0.679. The summed E-state index contributed by atoms with van der Waals surface area (Å²) in [4.78, 5) is 0. The predicted molar refractivity (Wildman–Crippen MR) is 157 cm³/mol. The molecule has 2 rings (SSSR count). The van der Waals surface area contributed by atoms with E-state index in [1.807, 2.05) is 6.92 Å². The molecule has 2 atom stereocenters. The number of rotatable bonds is 18. The van der Waals surface area contributed by atoms with Gasteiger partial charge in [0.05, 0.1) is 5.25 Å². The quantitative estimate of drug-likeness (QED) is 0.112. The van der Waals surface area contributed by atoms with E-state index >= 15 is 0 Å². The van der Waals surface area contributed by atoms with Gasteiger partial charge in [-0.15, -0.1) is 11.3 Å². The second-order valence-corrected chi connectivity index (χ2v) is 15.3. The summed E-state index contributed by atoms with van der Waals surface area (Å²) in [6.45, 7) is 6.54. The molecular weight excluding hydrogens is 525 g/mol. The molecule has 0 spiro atoms. The second-order valence-electron chi connectivity index (χ2n) is 9.79. The van der Waals surface area contributed by atoms with Crippen molar-refractivity contribution in [2.75, 3.05) is 6.54 Å². The van der Waals surface area contributed by atoms with Crippen LogP contribution in [0, 0.1) is 0 Å². The van der Waals surface area contributed by atoms with Crippen LogP contribution in [0.2, 0.25) is 0 Å². The third-order valence-corrected chi connectivity index (χ3v) is 12.3. The monoisotopic (exact) mass is 570 g/mol. The van der Waals surface area contributed by atoms with Gasteiger partial charge in [0.2, 0.25) is 0 Å². The Balaban J connectivity index is 1.69. The van der Waals surface area contributed by atoms with Crippen LogP contribution in [0.15, 0.2) is 43.2 Å². The van der Waals surface area contributed by atoms with Gasteiger partial charge in [-0.1, -0.05) is 70.3 Å². The Bertz CT molecular complexity index is 1100. The van der Waals surface area contributed by atoms with Crippen LogP contribution in [0.25, 0.3) is 0 Å². The molecule has 0 unspecified atom stereocenters. The Labute approximate surface area is 229 Å². The van der Waals surface area contributed by atoms with Gasteiger partial charge < -0.3 is 5.32 Å². The Morgan fingerprint density at radius 3 is 2.24 bits per heavy atom. The number of hydrogen-bond acceptors (Lipinski definition) is 6. The van der Waals surface area contributed by atoms with Crippen molar-refractivity contribution < 1.29 is 16.8 Å². The molecule has 0 aromatic carbocycles. The lowest BCUT2D eigenvalue weighted by Gasteiger charge is -2.27. The number of nitrogens with zero attached hydrogens (tertiary/aromatic N) is 1. The predicted octanol–water partition coefficient (Wildman–Crippen LogP) is 7.54. The lowest BCUT2D eigenvalue weighted by molar-refractivity contribution is 0.477. The minimum absolute atomic E-state index is 0.00867. The molecule has 0 saturated heterocycles. The topological polar surface area (TPSA) is 92.7 Å². The average molecular weight is 571 g/mol. The molecule has 1 aromatic heterocycles. The van der Waals surface area contributed by atoms with E-state index in [4.69, 9.17) is 0 Å². The highest BCUT2D eigenvalue weighted by Gasteiger charge is 2.39. The molecule has 9 heteroatoms. The molecule has 1 aliphatic rings. The fourth-order valence-electron chi connectivity index (χ4n) is 4.42. The first-order valence-corrected chi connectivity index (χ1v) is 17.7. The molecule has 0 saturated carbocycles. The molecule has 210 valence electrons. The van der Waals surface area contributed by atoms with Crippen LogP contribution in [0.3, 0.4) is 0 Å². The van der Waals surface area contributed by atoms with Crippen LogP contribution < -0.4 is 5.32 Å². The smallest absolute Gasteiger partial charge is 0.291 e. The van der Waals surface area contributed by atoms with Crippen LogP contribution in [0.1, 0.15) is 116 Å². The zero-order valence-electron chi connectivity index (χ0n) is 22.8. The molecule has 0 amide bonds. The molecule has 0 fully saturated rings. The van der Waals surface area contributed by atoms with E-state index in [2.05, 4.69) is 40.9 Å². The standard InChI is InChI=1S/C28H46N2O4S3/c1-4-6-7-8-9-10-11-12-13-14-15-16-17-18-19-20-21-30-37(33,34)27-23-25-26(29-5-2)22-24(3)36(31,32)28(25)35-27/h9-10,12-13,21,23-24,26,29H,4-8,11,14-20,22H2,1-3H3/b10-9+,13-12+,30-21?/t24-,26-/m0/s1. The largest absolute Gasteiger partial charge is 0.310 e. The number of allylic oxidation sites excluding steroid dienone is 4. The third-order valence-electron chi connectivity index (χ3n) is 6.64. The van der Waals surface area contributed by atoms with Crippen molar-refractivity contribution in [3.63, 3.8) is 0 Å². The summed E-state index contributed by atoms with van der Waals surface area (Å²) in [5, 5.41) is 2.74. The summed E-state index contributed by atoms with van der Waals surface area (Å²) in [6, 6.07) is 1.34. The third kappa shape index (κ3) is 10.4. The molecule has 0 bridgehead atoms. The minimum Gasteiger partial charge on any atom is -0.310 e. The summed E-state index contributed by atoms with van der Waals surface area (Å²) in [5.74, 6) is 0. The molecule has 1 N–H and O–H groups in total. The average Bonchev–Trinajstić information content (AvgIpc) is 3.33. The Kier molecular flexibility index (Phi) is 14.3. The minimum atomic E-state index is -3.90. The van der Waals surface area contributed by atoms with Crippen molar-refractivity contribution in [2.24, 2.45) is 4.40 Å². The molecule has 6 nitrogen and oxygen atoms in total. The van der Waals surface area contributed by atoms with Gasteiger partial charge in [0.25, 0.3) is 10.0 Å². The van der Waals surface area contributed by atoms with Crippen molar-refractivity contribution in [1.29, 1.82) is 0 Å². The van der Waals surface area contributed by atoms with Crippen LogP contribution in [-0.4, -0.2) is 34.8 Å². The molecule has 0 aliphatic carbocycles. The van der Waals surface area contributed by atoms with E-state index in [0.717, 1.165) is 43.4 Å². The second kappa shape index (κ2) is 16.6. The summed E-state index contributed by atoms with van der Waals surface area (Å²) < 4.78 is 55.0. The van der Waals surface area contributed by atoms with Gasteiger partial charge in [0.1, 0.15) is 8.42 Å². The van der Waals surface area contributed by atoms with Gasteiger partial charge in [0.15, 0.2) is 9.84 Å². The van der Waals surface area contributed by atoms with E-state index in [1.165, 1.54) is 50.8 Å². The lowest BCUT2D eigenvalue weighted by atomic mass is 10.1. The first-order chi connectivity index (χ1) is 17.7. The molecule has 1 aliphatic heterocycles. The first kappa shape index (κ1) is 31.9. The Hall–Kier alpha value is -1.29. The Morgan fingerprint density at radius 1 is 0.973 bits per heavy atom. The zero-order chi connectivity index (χ0) is 27.2. The SMILES string of the molecule is CCCCC/C=C/C/C=C/CCCCCCCC=NS(=O)(=O)c1cc2c(s1)S(=O)(=O)[C@@H](C)C[C@@H]2NCC. The maximum Gasteiger partial charge on any atom is 0.291 e. The fourth-order valence-corrected chi connectivity index (χ4v) is 9.31. The van der Waals surface area contributed by atoms with E-state index < -0.39 is 25.1 Å². The van der Waals surface area contributed by atoms with Crippen molar-refractivity contribution in [3.05, 3.63) is 35.9 Å². The number of nitrogens with one attached hydrogen (secondary N) is 1. The van der Waals surface area contributed by atoms with Gasteiger partial charge in [-0.25, -0.2) is 8.42 Å². The Morgan fingerprint density at radius 2 is 1.59 bits per heavy atom. The lowest BCUT2D eigenvalue weighted by Crippen LogP contribution is -2.33. The normalized spacial score (nSPS) is 19.9. The van der Waals surface area contributed by atoms with E-state index in [-0.39, 0.29) is 14.5 Å². The van der Waals surface area contributed by atoms with Crippen molar-refractivity contribution in [3.8, 4) is 0 Å². The molecule has 0 radical (unpaired) electrons. The maximum absolute atomic E-state index is 12.8. The number of unbranched alkanes of at least 4 members (excludes halogenated alkanes) is 9. The molecule has 1 aromatic rings. The van der Waals surface area contributed by atoms with Gasteiger partial charge in [-0.2, -0.15) is 12.8 Å². The number of fused-ring (bicyclic) bond motifs is 1. The molecular formula is C28H46N2O4S3. The highest BCUT2D eigenvalue weighted by atomic mass is 32.3. The van der Waals surface area contributed by atoms with E-state index in [1.54, 1.807) is 6.92 Å². The highest BCUT2D eigenvalue weighted by molar-refractivity contribution is 7.96. The number of hydrogen-bond donors (Lipinski definition) is 1. The first-order valence-electron chi connectivity index (χ1n) is 13.9. The van der Waals surface area contributed by atoms with Crippen LogP contribution >= 0.6 is 11.3 Å². The molecule has 37 heavy (non-hydrogen) atoms. The van der Waals surface area contributed by atoms with E-state index in [0.29, 0.717) is 24.9 Å². The van der Waals surface area contributed by atoms with Crippen molar-refractivity contribution >= 4 is 37.4 Å². The summed E-state index contributed by atoms with van der Waals surface area (Å²) >= 11 is 0.833. The zero-order valence-corrected chi connectivity index (χ0v) is 25.3. The van der Waals surface area contributed by atoms with Crippen molar-refractivity contribution in [1.82, 2.24) is 5.32 Å². The number of thiophene rings is 1. The van der Waals surface area contributed by atoms with Gasteiger partial charge in [0, 0.05) is 17.8 Å². The number of sulfonamides is 1.